The number of rotatable bonds is 3. The molecule has 0 atom stereocenters. The van der Waals surface area contributed by atoms with Gasteiger partial charge < -0.3 is 11.1 Å². The summed E-state index contributed by atoms with van der Waals surface area (Å²) in [5.74, 6) is 0.645. The molecule has 2 rings (SSSR count). The highest BCUT2D eigenvalue weighted by atomic mass is 15.3. The lowest BCUT2D eigenvalue weighted by molar-refractivity contribution is 0.720. The molecule has 0 aliphatic heterocycles. The monoisotopic (exact) mass is 204 g/mol. The number of nitrogens with zero attached hydrogens (tertiary/aromatic N) is 4. The molecule has 0 spiro atoms. The van der Waals surface area contributed by atoms with E-state index in [4.69, 9.17) is 5.73 Å². The van der Waals surface area contributed by atoms with Gasteiger partial charge in [0.05, 0.1) is 24.1 Å². The van der Waals surface area contributed by atoms with Gasteiger partial charge in [-0.15, -0.1) is 0 Å². The van der Waals surface area contributed by atoms with Crippen LogP contribution in [0.1, 0.15) is 5.69 Å². The van der Waals surface area contributed by atoms with Gasteiger partial charge in [-0.3, -0.25) is 4.68 Å². The minimum Gasteiger partial charge on any atom is -0.394 e. The predicted molar refractivity (Wildman–Crippen MR) is 57.0 cm³/mol. The quantitative estimate of drug-likeness (QED) is 0.756. The Balaban J connectivity index is 2.06. The van der Waals surface area contributed by atoms with Crippen LogP contribution in [0.2, 0.25) is 0 Å². The number of nitrogen functional groups attached to an aromatic ring is 1. The van der Waals surface area contributed by atoms with Gasteiger partial charge in [0.1, 0.15) is 6.33 Å². The first kappa shape index (κ1) is 9.45. The van der Waals surface area contributed by atoms with E-state index in [1.807, 2.05) is 13.1 Å². The number of hydrogen-bond acceptors (Lipinski definition) is 5. The van der Waals surface area contributed by atoms with Crippen LogP contribution in [0, 0.1) is 0 Å². The number of nitrogens with one attached hydrogen (secondary N) is 1. The van der Waals surface area contributed by atoms with Gasteiger partial charge in [-0.25, -0.2) is 9.97 Å². The summed E-state index contributed by atoms with van der Waals surface area (Å²) < 4.78 is 1.80. The van der Waals surface area contributed by atoms with E-state index in [9.17, 15) is 0 Å². The average molecular weight is 204 g/mol. The van der Waals surface area contributed by atoms with E-state index in [-0.39, 0.29) is 0 Å². The maximum absolute atomic E-state index is 5.69. The van der Waals surface area contributed by atoms with Crippen molar-refractivity contribution in [2.24, 2.45) is 7.05 Å². The Morgan fingerprint density at radius 2 is 2.40 bits per heavy atom. The second-order valence-corrected chi connectivity index (χ2v) is 3.13. The lowest BCUT2D eigenvalue weighted by atomic mass is 10.4. The Morgan fingerprint density at radius 3 is 3.07 bits per heavy atom. The molecule has 3 N–H and O–H groups in total. The van der Waals surface area contributed by atoms with Gasteiger partial charge in [0.25, 0.3) is 0 Å². The van der Waals surface area contributed by atoms with Crippen molar-refractivity contribution in [1.82, 2.24) is 19.7 Å². The molecule has 0 aromatic carbocycles. The number of anilines is 2. The Bertz CT molecular complexity index is 449. The molecule has 0 unspecified atom stereocenters. The highest BCUT2D eigenvalue weighted by molar-refractivity contribution is 5.58. The third-order valence-electron chi connectivity index (χ3n) is 2.10. The molecule has 0 bridgehead atoms. The van der Waals surface area contributed by atoms with E-state index in [0.29, 0.717) is 18.1 Å². The first-order valence-corrected chi connectivity index (χ1v) is 4.53. The third-order valence-corrected chi connectivity index (χ3v) is 2.10. The van der Waals surface area contributed by atoms with Crippen molar-refractivity contribution >= 4 is 11.5 Å². The smallest absolute Gasteiger partial charge is 0.152 e. The van der Waals surface area contributed by atoms with Crippen LogP contribution in [0.4, 0.5) is 11.5 Å². The van der Waals surface area contributed by atoms with Crippen molar-refractivity contribution < 1.29 is 0 Å². The summed E-state index contributed by atoms with van der Waals surface area (Å²) in [4.78, 5) is 7.84. The number of aromatic nitrogens is 4. The largest absolute Gasteiger partial charge is 0.394 e. The molecule has 78 valence electrons. The zero-order chi connectivity index (χ0) is 10.7. The van der Waals surface area contributed by atoms with Gasteiger partial charge in [0.2, 0.25) is 0 Å². The van der Waals surface area contributed by atoms with E-state index in [0.717, 1.165) is 5.69 Å². The Hall–Kier alpha value is -2.11. The fraction of sp³-hybridized carbons (Fsp3) is 0.222. The zero-order valence-corrected chi connectivity index (χ0v) is 8.38. The highest BCUT2D eigenvalue weighted by Crippen LogP contribution is 2.12. The molecule has 0 saturated heterocycles. The molecule has 0 amide bonds. The molecule has 0 fully saturated rings. The van der Waals surface area contributed by atoms with Crippen LogP contribution >= 0.6 is 0 Å². The molecule has 0 aliphatic carbocycles. The Kier molecular flexibility index (Phi) is 2.49. The summed E-state index contributed by atoms with van der Waals surface area (Å²) in [6.45, 7) is 0.637. The van der Waals surface area contributed by atoms with Gasteiger partial charge in [0.15, 0.2) is 5.82 Å². The Labute approximate surface area is 87.2 Å². The van der Waals surface area contributed by atoms with E-state index in [2.05, 4.69) is 20.4 Å². The van der Waals surface area contributed by atoms with Crippen molar-refractivity contribution in [2.75, 3.05) is 11.1 Å². The van der Waals surface area contributed by atoms with Crippen molar-refractivity contribution in [3.8, 4) is 0 Å². The van der Waals surface area contributed by atoms with E-state index in [1.165, 1.54) is 6.33 Å². The van der Waals surface area contributed by atoms with Crippen LogP contribution in [0.25, 0.3) is 0 Å². The summed E-state index contributed by atoms with van der Waals surface area (Å²) in [6.07, 6.45) is 4.78. The van der Waals surface area contributed by atoms with E-state index < -0.39 is 0 Å². The molecule has 15 heavy (non-hydrogen) atoms. The summed E-state index contributed by atoms with van der Waals surface area (Å²) >= 11 is 0. The molecular weight excluding hydrogens is 192 g/mol. The highest BCUT2D eigenvalue weighted by Gasteiger charge is 2.01. The van der Waals surface area contributed by atoms with Crippen molar-refractivity contribution in [3.63, 3.8) is 0 Å². The molecule has 2 heterocycles. The van der Waals surface area contributed by atoms with E-state index >= 15 is 0 Å². The first-order valence-electron chi connectivity index (χ1n) is 4.53. The third kappa shape index (κ3) is 2.04. The van der Waals surface area contributed by atoms with Crippen LogP contribution in [-0.2, 0) is 13.6 Å². The number of hydrogen-bond donors (Lipinski definition) is 2. The molecule has 6 nitrogen and oxygen atoms in total. The summed E-state index contributed by atoms with van der Waals surface area (Å²) in [6, 6.07) is 1.93. The summed E-state index contributed by atoms with van der Waals surface area (Å²) in [5, 5.41) is 7.18. The zero-order valence-electron chi connectivity index (χ0n) is 8.38. The van der Waals surface area contributed by atoms with Crippen LogP contribution in [0.5, 0.6) is 0 Å². The molecule has 2 aromatic rings. The minimum absolute atomic E-state index is 0.541. The van der Waals surface area contributed by atoms with Crippen LogP contribution in [-0.4, -0.2) is 19.7 Å². The maximum atomic E-state index is 5.69. The minimum atomic E-state index is 0.541. The van der Waals surface area contributed by atoms with Gasteiger partial charge in [-0.05, 0) is 6.07 Å². The molecule has 6 heteroatoms. The second kappa shape index (κ2) is 3.95. The van der Waals surface area contributed by atoms with Crippen molar-refractivity contribution in [2.45, 2.75) is 6.54 Å². The lowest BCUT2D eigenvalue weighted by Gasteiger charge is -2.07. The van der Waals surface area contributed by atoms with Crippen LogP contribution in [0.15, 0.2) is 24.8 Å². The van der Waals surface area contributed by atoms with Crippen LogP contribution in [0.3, 0.4) is 0 Å². The van der Waals surface area contributed by atoms with Crippen molar-refractivity contribution in [1.29, 1.82) is 0 Å². The van der Waals surface area contributed by atoms with Gasteiger partial charge in [-0.2, -0.15) is 5.10 Å². The molecule has 0 aliphatic rings. The van der Waals surface area contributed by atoms with Gasteiger partial charge >= 0.3 is 0 Å². The molecule has 0 radical (unpaired) electrons. The summed E-state index contributed by atoms with van der Waals surface area (Å²) in [5.41, 5.74) is 7.29. The predicted octanol–water partition coefficient (Wildman–Crippen LogP) is 0.404. The SMILES string of the molecule is Cn1nccc1CNc1ncncc1N. The fourth-order valence-corrected chi connectivity index (χ4v) is 1.24. The molecular formula is C9H12N6. The average Bonchev–Trinajstić information content (AvgIpc) is 2.63. The number of nitrogens with two attached hydrogens (primary N) is 1. The maximum Gasteiger partial charge on any atom is 0.152 e. The lowest BCUT2D eigenvalue weighted by Crippen LogP contribution is -2.08. The van der Waals surface area contributed by atoms with Gasteiger partial charge in [-0.1, -0.05) is 0 Å². The first-order chi connectivity index (χ1) is 7.27. The standard InChI is InChI=1S/C9H12N6/c1-15-7(2-3-14-15)4-12-9-8(10)5-11-6-13-9/h2-3,5-6H,4,10H2,1H3,(H,11,12,13). The Morgan fingerprint density at radius 1 is 1.53 bits per heavy atom. The van der Waals surface area contributed by atoms with E-state index in [1.54, 1.807) is 17.1 Å². The molecule has 2 aromatic heterocycles. The normalized spacial score (nSPS) is 10.2. The second-order valence-electron chi connectivity index (χ2n) is 3.13. The topological polar surface area (TPSA) is 81.7 Å². The number of aryl methyl sites for hydroxylation is 1. The van der Waals surface area contributed by atoms with Crippen molar-refractivity contribution in [3.05, 3.63) is 30.5 Å². The fourth-order valence-electron chi connectivity index (χ4n) is 1.24. The summed E-state index contributed by atoms with van der Waals surface area (Å²) in [7, 11) is 1.89. The van der Waals surface area contributed by atoms with Crippen LogP contribution < -0.4 is 11.1 Å². The molecule has 0 saturated carbocycles. The van der Waals surface area contributed by atoms with Gasteiger partial charge in [0, 0.05) is 13.2 Å².